The van der Waals surface area contributed by atoms with Gasteiger partial charge in [0.1, 0.15) is 0 Å². The number of hydrogen-bond donors (Lipinski definition) is 3. The molecule has 1 aliphatic heterocycles. The lowest BCUT2D eigenvalue weighted by Gasteiger charge is -2.31. The number of piperidine rings is 1. The van der Waals surface area contributed by atoms with Crippen LogP contribution in [0.25, 0.3) is 0 Å². The number of carbonyl (C=O) groups excluding carboxylic acids is 1. The van der Waals surface area contributed by atoms with Gasteiger partial charge in [0.2, 0.25) is 5.91 Å². The van der Waals surface area contributed by atoms with E-state index >= 15 is 0 Å². The quantitative estimate of drug-likeness (QED) is 0.687. The van der Waals surface area contributed by atoms with Crippen LogP contribution in [0.2, 0.25) is 0 Å². The molecule has 1 atom stereocenters. The van der Waals surface area contributed by atoms with Gasteiger partial charge in [-0.3, -0.25) is 4.79 Å². The maximum atomic E-state index is 12.0. The van der Waals surface area contributed by atoms with E-state index in [1.54, 1.807) is 0 Å². The third kappa shape index (κ3) is 4.75. The highest BCUT2D eigenvalue weighted by molar-refractivity contribution is 5.85. The van der Waals surface area contributed by atoms with Crippen LogP contribution in [0.1, 0.15) is 39.5 Å². The maximum Gasteiger partial charge on any atom is 0.224 e. The van der Waals surface area contributed by atoms with Gasteiger partial charge in [-0.15, -0.1) is 12.4 Å². The van der Waals surface area contributed by atoms with Gasteiger partial charge in [0.25, 0.3) is 0 Å². The van der Waals surface area contributed by atoms with E-state index in [1.807, 2.05) is 0 Å². The van der Waals surface area contributed by atoms with Gasteiger partial charge < -0.3 is 15.7 Å². The van der Waals surface area contributed by atoms with Crippen LogP contribution in [-0.4, -0.2) is 37.3 Å². The highest BCUT2D eigenvalue weighted by Gasteiger charge is 2.28. The molecule has 0 spiro atoms. The third-order valence-electron chi connectivity index (χ3n) is 4.14. The Hall–Kier alpha value is -0.320. The summed E-state index contributed by atoms with van der Waals surface area (Å²) in [5.74, 6) is 0.241. The molecule has 0 unspecified atom stereocenters. The molecule has 1 aliphatic rings. The normalized spacial score (nSPS) is 20.1. The van der Waals surface area contributed by atoms with Crippen molar-refractivity contribution in [3.05, 3.63) is 0 Å². The van der Waals surface area contributed by atoms with Crippen molar-refractivity contribution in [3.63, 3.8) is 0 Å². The molecular weight excluding hydrogens is 252 g/mol. The molecule has 0 aromatic carbocycles. The summed E-state index contributed by atoms with van der Waals surface area (Å²) in [5, 5.41) is 15.7. The van der Waals surface area contributed by atoms with E-state index in [0.717, 1.165) is 38.8 Å². The number of aliphatic hydroxyl groups excluding tert-OH is 1. The Bertz CT molecular complexity index is 231. The van der Waals surface area contributed by atoms with Crippen molar-refractivity contribution in [2.45, 2.75) is 39.5 Å². The minimum absolute atomic E-state index is 0. The Morgan fingerprint density at radius 3 is 2.56 bits per heavy atom. The molecule has 0 saturated carbocycles. The van der Waals surface area contributed by atoms with Crippen LogP contribution in [0.4, 0.5) is 0 Å². The van der Waals surface area contributed by atoms with Crippen molar-refractivity contribution in [1.29, 1.82) is 0 Å². The minimum atomic E-state index is -0.141. The lowest BCUT2D eigenvalue weighted by atomic mass is 9.83. The van der Waals surface area contributed by atoms with E-state index in [1.165, 1.54) is 0 Å². The van der Waals surface area contributed by atoms with Crippen molar-refractivity contribution in [2.75, 3.05) is 26.2 Å². The molecular formula is C13H27ClN2O2. The van der Waals surface area contributed by atoms with Crippen LogP contribution >= 0.6 is 12.4 Å². The van der Waals surface area contributed by atoms with E-state index in [4.69, 9.17) is 0 Å². The van der Waals surface area contributed by atoms with Crippen LogP contribution < -0.4 is 10.6 Å². The highest BCUT2D eigenvalue weighted by atomic mass is 35.5. The first-order chi connectivity index (χ1) is 8.17. The molecule has 0 radical (unpaired) electrons. The van der Waals surface area contributed by atoms with Crippen LogP contribution in [0.3, 0.4) is 0 Å². The highest BCUT2D eigenvalue weighted by Crippen LogP contribution is 2.24. The summed E-state index contributed by atoms with van der Waals surface area (Å²) in [7, 11) is 0. The summed E-state index contributed by atoms with van der Waals surface area (Å²) < 4.78 is 0. The molecule has 0 aromatic heterocycles. The van der Waals surface area contributed by atoms with Crippen molar-refractivity contribution >= 4 is 18.3 Å². The number of amides is 1. The van der Waals surface area contributed by atoms with Gasteiger partial charge in [-0.25, -0.2) is 0 Å². The maximum absolute atomic E-state index is 12.0. The van der Waals surface area contributed by atoms with Gasteiger partial charge in [0, 0.05) is 18.5 Å². The van der Waals surface area contributed by atoms with Crippen molar-refractivity contribution in [2.24, 2.45) is 11.3 Å². The van der Waals surface area contributed by atoms with E-state index < -0.39 is 0 Å². The predicted molar refractivity (Wildman–Crippen MR) is 76.0 cm³/mol. The first-order valence-corrected chi connectivity index (χ1v) is 6.76. The summed E-state index contributed by atoms with van der Waals surface area (Å²) >= 11 is 0. The molecule has 1 rings (SSSR count). The fourth-order valence-electron chi connectivity index (χ4n) is 2.27. The van der Waals surface area contributed by atoms with E-state index in [9.17, 15) is 9.90 Å². The van der Waals surface area contributed by atoms with Gasteiger partial charge in [-0.1, -0.05) is 13.8 Å². The van der Waals surface area contributed by atoms with E-state index in [-0.39, 0.29) is 36.3 Å². The minimum Gasteiger partial charge on any atom is -0.396 e. The lowest BCUT2D eigenvalue weighted by Crippen LogP contribution is -2.45. The Kier molecular flexibility index (Phi) is 8.57. The third-order valence-corrected chi connectivity index (χ3v) is 4.14. The Balaban J connectivity index is 0.00000289. The van der Waals surface area contributed by atoms with E-state index in [0.29, 0.717) is 6.54 Å². The second-order valence-corrected chi connectivity index (χ2v) is 5.13. The molecule has 0 aromatic rings. The zero-order valence-corrected chi connectivity index (χ0v) is 12.3. The topological polar surface area (TPSA) is 61.4 Å². The lowest BCUT2D eigenvalue weighted by molar-refractivity contribution is -0.126. The number of halogens is 1. The van der Waals surface area contributed by atoms with Crippen molar-refractivity contribution in [1.82, 2.24) is 10.6 Å². The SMILES string of the molecule is CCC(CC)(CO)CNC(=O)[C@@H]1CCCNC1.Cl. The van der Waals surface area contributed by atoms with Gasteiger partial charge in [-0.2, -0.15) is 0 Å². The molecule has 3 N–H and O–H groups in total. The Morgan fingerprint density at radius 2 is 2.11 bits per heavy atom. The smallest absolute Gasteiger partial charge is 0.224 e. The number of rotatable bonds is 6. The number of hydrogen-bond acceptors (Lipinski definition) is 3. The zero-order chi connectivity index (χ0) is 12.7. The average molecular weight is 279 g/mol. The first-order valence-electron chi connectivity index (χ1n) is 6.76. The number of carbonyl (C=O) groups is 1. The van der Waals surface area contributed by atoms with Crippen LogP contribution in [0.5, 0.6) is 0 Å². The van der Waals surface area contributed by atoms with Gasteiger partial charge in [0.05, 0.1) is 12.5 Å². The monoisotopic (exact) mass is 278 g/mol. The molecule has 1 fully saturated rings. The number of nitrogens with one attached hydrogen (secondary N) is 2. The van der Waals surface area contributed by atoms with Gasteiger partial charge in [-0.05, 0) is 32.2 Å². The Labute approximate surface area is 116 Å². The van der Waals surface area contributed by atoms with E-state index in [2.05, 4.69) is 24.5 Å². The van der Waals surface area contributed by atoms with Crippen LogP contribution in [0, 0.1) is 11.3 Å². The molecule has 1 saturated heterocycles. The summed E-state index contributed by atoms with van der Waals surface area (Å²) in [5.41, 5.74) is -0.141. The van der Waals surface area contributed by atoms with Crippen LogP contribution in [0.15, 0.2) is 0 Å². The summed E-state index contributed by atoms with van der Waals surface area (Å²) in [4.78, 5) is 12.0. The number of aliphatic hydroxyl groups is 1. The summed E-state index contributed by atoms with van der Waals surface area (Å²) in [6.07, 6.45) is 3.83. The second kappa shape index (κ2) is 8.73. The molecule has 0 aliphatic carbocycles. The first kappa shape index (κ1) is 17.7. The summed E-state index contributed by atoms with van der Waals surface area (Å²) in [6.45, 7) is 6.67. The molecule has 0 bridgehead atoms. The zero-order valence-electron chi connectivity index (χ0n) is 11.5. The van der Waals surface area contributed by atoms with Crippen molar-refractivity contribution < 1.29 is 9.90 Å². The van der Waals surface area contributed by atoms with Gasteiger partial charge in [0.15, 0.2) is 0 Å². The second-order valence-electron chi connectivity index (χ2n) is 5.13. The molecule has 1 amide bonds. The van der Waals surface area contributed by atoms with Gasteiger partial charge >= 0.3 is 0 Å². The molecule has 5 heteroatoms. The molecule has 108 valence electrons. The molecule has 1 heterocycles. The predicted octanol–water partition coefficient (Wildman–Crippen LogP) is 1.32. The average Bonchev–Trinajstić information content (AvgIpc) is 2.41. The standard InChI is InChI=1S/C13H26N2O2.ClH/c1-3-13(4-2,10-16)9-15-12(17)11-6-5-7-14-8-11;/h11,14,16H,3-10H2,1-2H3,(H,15,17);1H/t11-;/m1./s1. The largest absolute Gasteiger partial charge is 0.396 e. The fourth-order valence-corrected chi connectivity index (χ4v) is 2.27. The molecule has 18 heavy (non-hydrogen) atoms. The Morgan fingerprint density at radius 1 is 1.44 bits per heavy atom. The summed E-state index contributed by atoms with van der Waals surface area (Å²) in [6, 6.07) is 0. The van der Waals surface area contributed by atoms with Crippen molar-refractivity contribution in [3.8, 4) is 0 Å². The van der Waals surface area contributed by atoms with Crippen LogP contribution in [-0.2, 0) is 4.79 Å². The fraction of sp³-hybridized carbons (Fsp3) is 0.923. The molecule has 4 nitrogen and oxygen atoms in total.